The standard InChI is InChI=1S/C18H28N6O5/c19-12(10-25)15(26)23-13(7-4-8-22-18(20)21)16(27)24-14(17(28)29)9-11-5-2-1-3-6-11/h1-3,5-6,12-14,25H,4,7-10,19H2,(H,23,26)(H,24,27)(H,28,29)(H4,20,21,22)/t12-,13-,14-/m0/s1. The van der Waals surface area contributed by atoms with Gasteiger partial charge in [0.1, 0.15) is 18.1 Å². The van der Waals surface area contributed by atoms with E-state index in [0.29, 0.717) is 6.42 Å². The molecule has 0 saturated heterocycles. The van der Waals surface area contributed by atoms with Crippen LogP contribution in [0.5, 0.6) is 0 Å². The highest BCUT2D eigenvalue weighted by Crippen LogP contribution is 2.05. The maximum absolute atomic E-state index is 12.6. The van der Waals surface area contributed by atoms with Crippen molar-refractivity contribution in [2.24, 2.45) is 11.5 Å². The van der Waals surface area contributed by atoms with Gasteiger partial charge < -0.3 is 37.6 Å². The van der Waals surface area contributed by atoms with Crippen LogP contribution < -0.4 is 27.4 Å². The van der Waals surface area contributed by atoms with E-state index in [4.69, 9.17) is 22.0 Å². The number of hydrogen-bond donors (Lipinski definition) is 8. The number of carbonyl (C=O) groups excluding carboxylic acids is 2. The predicted molar refractivity (Wildman–Crippen MR) is 106 cm³/mol. The number of benzene rings is 1. The van der Waals surface area contributed by atoms with Crippen LogP contribution in [-0.4, -0.2) is 65.2 Å². The lowest BCUT2D eigenvalue weighted by atomic mass is 10.0. The molecule has 0 saturated carbocycles. The van der Waals surface area contributed by atoms with Gasteiger partial charge in [0, 0.05) is 13.0 Å². The van der Waals surface area contributed by atoms with Crippen molar-refractivity contribution in [2.75, 3.05) is 13.2 Å². The highest BCUT2D eigenvalue weighted by molar-refractivity contribution is 5.91. The molecule has 0 aliphatic carbocycles. The van der Waals surface area contributed by atoms with Gasteiger partial charge in [0.15, 0.2) is 5.96 Å². The molecule has 0 aromatic heterocycles. The van der Waals surface area contributed by atoms with Gasteiger partial charge in [-0.3, -0.25) is 15.0 Å². The normalized spacial score (nSPS) is 13.6. The quantitative estimate of drug-likeness (QED) is 0.109. The molecule has 1 aromatic rings. The van der Waals surface area contributed by atoms with Crippen LogP contribution in [0, 0.1) is 5.41 Å². The monoisotopic (exact) mass is 408 g/mol. The molecule has 0 unspecified atom stereocenters. The topological polar surface area (TPSA) is 204 Å². The summed E-state index contributed by atoms with van der Waals surface area (Å²) < 4.78 is 0. The Morgan fingerprint density at radius 3 is 2.24 bits per heavy atom. The first-order valence-electron chi connectivity index (χ1n) is 9.06. The van der Waals surface area contributed by atoms with E-state index in [0.717, 1.165) is 5.56 Å². The van der Waals surface area contributed by atoms with Crippen molar-refractivity contribution >= 4 is 23.7 Å². The van der Waals surface area contributed by atoms with E-state index in [1.54, 1.807) is 30.3 Å². The molecule has 0 heterocycles. The smallest absolute Gasteiger partial charge is 0.326 e. The third kappa shape index (κ3) is 9.04. The highest BCUT2D eigenvalue weighted by Gasteiger charge is 2.27. The Kier molecular flexibility index (Phi) is 10.1. The lowest BCUT2D eigenvalue weighted by Crippen LogP contribution is -2.55. The van der Waals surface area contributed by atoms with Crippen molar-refractivity contribution in [2.45, 2.75) is 37.4 Å². The number of carboxylic acids is 1. The van der Waals surface area contributed by atoms with Crippen molar-refractivity contribution < 1.29 is 24.6 Å². The van der Waals surface area contributed by atoms with Crippen molar-refractivity contribution in [3.63, 3.8) is 0 Å². The zero-order valence-electron chi connectivity index (χ0n) is 15.9. The lowest BCUT2D eigenvalue weighted by molar-refractivity contribution is -0.142. The van der Waals surface area contributed by atoms with Gasteiger partial charge in [-0.05, 0) is 18.4 Å². The lowest BCUT2D eigenvalue weighted by Gasteiger charge is -2.22. The van der Waals surface area contributed by atoms with Gasteiger partial charge in [-0.2, -0.15) is 0 Å². The fourth-order valence-electron chi connectivity index (χ4n) is 2.48. The van der Waals surface area contributed by atoms with E-state index in [1.807, 2.05) is 0 Å². The Morgan fingerprint density at radius 1 is 1.07 bits per heavy atom. The Balaban J connectivity index is 2.81. The summed E-state index contributed by atoms with van der Waals surface area (Å²) >= 11 is 0. The third-order valence-corrected chi connectivity index (χ3v) is 4.05. The van der Waals surface area contributed by atoms with Crippen LogP contribution in [0.4, 0.5) is 0 Å². The first-order chi connectivity index (χ1) is 13.7. The van der Waals surface area contributed by atoms with E-state index in [-0.39, 0.29) is 25.3 Å². The summed E-state index contributed by atoms with van der Waals surface area (Å²) in [7, 11) is 0. The number of rotatable bonds is 12. The van der Waals surface area contributed by atoms with Gasteiger partial charge in [-0.25, -0.2) is 4.79 Å². The molecule has 0 aliphatic rings. The molecule has 160 valence electrons. The van der Waals surface area contributed by atoms with Crippen molar-refractivity contribution in [3.05, 3.63) is 35.9 Å². The maximum Gasteiger partial charge on any atom is 0.326 e. The van der Waals surface area contributed by atoms with E-state index in [1.165, 1.54) is 0 Å². The first-order valence-corrected chi connectivity index (χ1v) is 9.06. The molecule has 0 bridgehead atoms. The van der Waals surface area contributed by atoms with Crippen molar-refractivity contribution in [1.29, 1.82) is 5.41 Å². The largest absolute Gasteiger partial charge is 0.480 e. The fraction of sp³-hybridized carbons (Fsp3) is 0.444. The Bertz CT molecular complexity index is 699. The van der Waals surface area contributed by atoms with Gasteiger partial charge in [0.25, 0.3) is 0 Å². The summed E-state index contributed by atoms with van der Waals surface area (Å²) in [5.41, 5.74) is 11.4. The van der Waals surface area contributed by atoms with Gasteiger partial charge >= 0.3 is 5.97 Å². The van der Waals surface area contributed by atoms with E-state index in [2.05, 4.69) is 16.0 Å². The second-order valence-corrected chi connectivity index (χ2v) is 6.42. The molecule has 11 nitrogen and oxygen atoms in total. The molecule has 0 fully saturated rings. The summed E-state index contributed by atoms with van der Waals surface area (Å²) in [6, 6.07) is 5.35. The molecular formula is C18H28N6O5. The van der Waals surface area contributed by atoms with Crippen LogP contribution in [0.1, 0.15) is 18.4 Å². The minimum absolute atomic E-state index is 0.0740. The number of nitrogens with one attached hydrogen (secondary N) is 4. The van der Waals surface area contributed by atoms with E-state index < -0.39 is 42.5 Å². The van der Waals surface area contributed by atoms with Crippen LogP contribution in [0.3, 0.4) is 0 Å². The molecule has 10 N–H and O–H groups in total. The maximum atomic E-state index is 12.6. The number of amides is 2. The number of hydrogen-bond acceptors (Lipinski definition) is 6. The molecule has 0 radical (unpaired) electrons. The van der Waals surface area contributed by atoms with Crippen LogP contribution in [0.15, 0.2) is 30.3 Å². The molecule has 0 aliphatic heterocycles. The summed E-state index contributed by atoms with van der Waals surface area (Å²) in [6.45, 7) is -0.314. The average Bonchev–Trinajstić information content (AvgIpc) is 2.69. The number of guanidine groups is 1. The molecule has 1 rings (SSSR count). The molecular weight excluding hydrogens is 380 g/mol. The number of aliphatic hydroxyl groups is 1. The molecule has 0 spiro atoms. The fourth-order valence-corrected chi connectivity index (χ4v) is 2.48. The molecule has 1 aromatic carbocycles. The first kappa shape index (κ1) is 23.9. The number of aliphatic carboxylic acids is 1. The average molecular weight is 408 g/mol. The number of carboxylic acid groups (broad SMARTS) is 1. The highest BCUT2D eigenvalue weighted by atomic mass is 16.4. The Morgan fingerprint density at radius 2 is 1.69 bits per heavy atom. The van der Waals surface area contributed by atoms with Gasteiger partial charge in [0.05, 0.1) is 6.61 Å². The van der Waals surface area contributed by atoms with Crippen molar-refractivity contribution in [3.8, 4) is 0 Å². The second kappa shape index (κ2) is 12.3. The van der Waals surface area contributed by atoms with Crippen LogP contribution in [0.2, 0.25) is 0 Å². The summed E-state index contributed by atoms with van der Waals surface area (Å²) in [6.07, 6.45) is 0.584. The molecule has 29 heavy (non-hydrogen) atoms. The van der Waals surface area contributed by atoms with Gasteiger partial charge in [-0.15, -0.1) is 0 Å². The summed E-state index contributed by atoms with van der Waals surface area (Å²) in [4.78, 5) is 36.2. The molecule has 2 amide bonds. The predicted octanol–water partition coefficient (Wildman–Crippen LogP) is -2.13. The second-order valence-electron chi connectivity index (χ2n) is 6.42. The number of nitrogens with two attached hydrogens (primary N) is 2. The van der Waals surface area contributed by atoms with E-state index in [9.17, 15) is 19.5 Å². The number of carbonyl (C=O) groups is 3. The van der Waals surface area contributed by atoms with Crippen LogP contribution in [-0.2, 0) is 20.8 Å². The minimum atomic E-state index is -1.21. The van der Waals surface area contributed by atoms with E-state index >= 15 is 0 Å². The third-order valence-electron chi connectivity index (χ3n) is 4.05. The Hall–Kier alpha value is -3.18. The SMILES string of the molecule is N=C(N)NCCC[C@H](NC(=O)[C@@H](N)CO)C(=O)N[C@@H](Cc1ccccc1)C(=O)O. The summed E-state index contributed by atoms with van der Waals surface area (Å²) in [5.74, 6) is -2.86. The summed E-state index contributed by atoms with van der Waals surface area (Å²) in [5, 5.41) is 33.0. The van der Waals surface area contributed by atoms with Crippen molar-refractivity contribution in [1.82, 2.24) is 16.0 Å². The zero-order valence-corrected chi connectivity index (χ0v) is 15.9. The molecule has 11 heteroatoms. The van der Waals surface area contributed by atoms with Gasteiger partial charge in [0.2, 0.25) is 11.8 Å². The minimum Gasteiger partial charge on any atom is -0.480 e. The molecule has 3 atom stereocenters. The van der Waals surface area contributed by atoms with Gasteiger partial charge in [-0.1, -0.05) is 30.3 Å². The number of aliphatic hydroxyl groups excluding tert-OH is 1. The van der Waals surface area contributed by atoms with Crippen LogP contribution in [0.25, 0.3) is 0 Å². The zero-order chi connectivity index (χ0) is 21.8. The Labute approximate surface area is 168 Å². The van der Waals surface area contributed by atoms with Crippen LogP contribution >= 0.6 is 0 Å².